The van der Waals surface area contributed by atoms with Crippen LogP contribution in [-0.4, -0.2) is 27.0 Å². The Bertz CT molecular complexity index is 1150. The van der Waals surface area contributed by atoms with E-state index in [1.165, 1.54) is 16.8 Å². The third-order valence-electron chi connectivity index (χ3n) is 6.99. The molecular weight excluding hydrogens is 406 g/mol. The summed E-state index contributed by atoms with van der Waals surface area (Å²) in [5.41, 5.74) is 12.8. The van der Waals surface area contributed by atoms with Gasteiger partial charge in [0.1, 0.15) is 5.82 Å². The van der Waals surface area contributed by atoms with Crippen LogP contribution in [0.5, 0.6) is 0 Å². The van der Waals surface area contributed by atoms with E-state index in [1.807, 2.05) is 24.4 Å². The number of benzene rings is 2. The summed E-state index contributed by atoms with van der Waals surface area (Å²) < 4.78 is 0. The van der Waals surface area contributed by atoms with Crippen LogP contribution in [0.1, 0.15) is 54.2 Å². The Kier molecular flexibility index (Phi) is 6.51. The number of H-pyrrole nitrogens is 1. The van der Waals surface area contributed by atoms with E-state index in [-0.39, 0.29) is 5.92 Å². The summed E-state index contributed by atoms with van der Waals surface area (Å²) in [6, 6.07) is 23.0. The van der Waals surface area contributed by atoms with Crippen LogP contribution in [-0.2, 0) is 19.4 Å². The van der Waals surface area contributed by atoms with Crippen molar-refractivity contribution < 1.29 is 0 Å². The number of nitrogens with two attached hydrogens (primary N) is 1. The number of aryl methyl sites for hydroxylation is 1. The topological polar surface area (TPSA) is 79.6 Å². The second kappa shape index (κ2) is 9.86. The van der Waals surface area contributed by atoms with Crippen LogP contribution in [0, 0.1) is 0 Å². The van der Waals surface area contributed by atoms with Gasteiger partial charge in [-0.1, -0.05) is 48.5 Å². The standard InChI is InChI=1S/C28H33N5/c29-28(16-8-17-30-20-21-9-2-1-3-10-21,19-26-32-24-14-4-5-15-25(24)33-26)23-13-6-11-22-12-7-18-31-27(22)23/h1-5,7,9-10,12,14-15,18,23,30H,6,8,11,13,16-17,19-20,29H2,(H,32,33). The van der Waals surface area contributed by atoms with Gasteiger partial charge in [0.2, 0.25) is 0 Å². The molecule has 0 saturated carbocycles. The number of nitrogens with one attached hydrogen (secondary N) is 2. The first-order valence-corrected chi connectivity index (χ1v) is 12.1. The molecule has 2 heterocycles. The van der Waals surface area contributed by atoms with Crippen LogP contribution in [0.25, 0.3) is 11.0 Å². The van der Waals surface area contributed by atoms with Gasteiger partial charge in [-0.15, -0.1) is 0 Å². The van der Waals surface area contributed by atoms with Crippen LogP contribution in [0.2, 0.25) is 0 Å². The number of hydrogen-bond donors (Lipinski definition) is 3. The van der Waals surface area contributed by atoms with Crippen molar-refractivity contribution in [2.75, 3.05) is 6.54 Å². The second-order valence-corrected chi connectivity index (χ2v) is 9.37. The lowest BCUT2D eigenvalue weighted by atomic mass is 9.70. The SMILES string of the molecule is NC(CCCNCc1ccccc1)(Cc1nc2ccccc2[nH]1)C1CCCc2cccnc21. The molecule has 2 unspecified atom stereocenters. The molecule has 4 aromatic rings. The summed E-state index contributed by atoms with van der Waals surface area (Å²) in [5, 5.41) is 3.59. The molecule has 2 aromatic heterocycles. The lowest BCUT2D eigenvalue weighted by Gasteiger charge is -2.40. The number of pyridine rings is 1. The maximum Gasteiger partial charge on any atom is 0.109 e. The van der Waals surface area contributed by atoms with E-state index in [1.54, 1.807) is 0 Å². The van der Waals surface area contributed by atoms with E-state index in [0.717, 1.165) is 68.5 Å². The fourth-order valence-corrected chi connectivity index (χ4v) is 5.33. The van der Waals surface area contributed by atoms with Crippen LogP contribution in [0.15, 0.2) is 72.9 Å². The van der Waals surface area contributed by atoms with Gasteiger partial charge in [0.25, 0.3) is 0 Å². The Labute approximate surface area is 195 Å². The largest absolute Gasteiger partial charge is 0.342 e. The molecule has 0 saturated heterocycles. The monoisotopic (exact) mass is 439 g/mol. The zero-order valence-corrected chi connectivity index (χ0v) is 19.1. The summed E-state index contributed by atoms with van der Waals surface area (Å²) >= 11 is 0. The van der Waals surface area contributed by atoms with Crippen molar-refractivity contribution in [2.45, 2.75) is 56.5 Å². The van der Waals surface area contributed by atoms with Crippen molar-refractivity contribution in [3.63, 3.8) is 0 Å². The van der Waals surface area contributed by atoms with E-state index < -0.39 is 5.54 Å². The van der Waals surface area contributed by atoms with Crippen molar-refractivity contribution in [2.24, 2.45) is 5.73 Å². The molecule has 5 rings (SSSR count). The molecule has 170 valence electrons. The Morgan fingerprint density at radius 3 is 2.76 bits per heavy atom. The Balaban J connectivity index is 1.33. The summed E-state index contributed by atoms with van der Waals surface area (Å²) in [4.78, 5) is 13.2. The molecule has 0 radical (unpaired) electrons. The van der Waals surface area contributed by atoms with Crippen molar-refractivity contribution in [3.05, 3.63) is 95.6 Å². The first-order valence-electron chi connectivity index (χ1n) is 12.1. The zero-order chi connectivity index (χ0) is 22.5. The number of fused-ring (bicyclic) bond motifs is 2. The van der Waals surface area contributed by atoms with E-state index in [0.29, 0.717) is 0 Å². The third-order valence-corrected chi connectivity index (χ3v) is 6.99. The number of rotatable bonds is 9. The van der Waals surface area contributed by atoms with E-state index >= 15 is 0 Å². The summed E-state index contributed by atoms with van der Waals surface area (Å²) in [6.45, 7) is 1.82. The first-order chi connectivity index (χ1) is 16.2. The van der Waals surface area contributed by atoms with Gasteiger partial charge in [-0.25, -0.2) is 4.98 Å². The number of imidazole rings is 1. The molecule has 0 bridgehead atoms. The third kappa shape index (κ3) is 5.00. The molecule has 0 amide bonds. The quantitative estimate of drug-likeness (QED) is 0.325. The number of aromatic nitrogens is 3. The average Bonchev–Trinajstić information content (AvgIpc) is 3.26. The molecule has 0 spiro atoms. The van der Waals surface area contributed by atoms with Gasteiger partial charge in [-0.05, 0) is 68.0 Å². The highest BCUT2D eigenvalue weighted by Crippen LogP contribution is 2.40. The van der Waals surface area contributed by atoms with E-state index in [9.17, 15) is 0 Å². The number of para-hydroxylation sites is 2. The fraction of sp³-hybridized carbons (Fsp3) is 0.357. The lowest BCUT2D eigenvalue weighted by Crippen LogP contribution is -2.49. The Hall–Kier alpha value is -3.02. The van der Waals surface area contributed by atoms with E-state index in [2.05, 4.69) is 58.8 Å². The van der Waals surface area contributed by atoms with Crippen LogP contribution < -0.4 is 11.1 Å². The van der Waals surface area contributed by atoms with Gasteiger partial charge in [0, 0.05) is 36.3 Å². The van der Waals surface area contributed by atoms with Crippen molar-refractivity contribution in [1.29, 1.82) is 0 Å². The fourth-order valence-electron chi connectivity index (χ4n) is 5.33. The minimum absolute atomic E-state index is 0.241. The maximum atomic E-state index is 7.31. The predicted molar refractivity (Wildman–Crippen MR) is 134 cm³/mol. The second-order valence-electron chi connectivity index (χ2n) is 9.37. The minimum atomic E-state index is -0.397. The summed E-state index contributed by atoms with van der Waals surface area (Å²) in [6.07, 6.45) is 7.92. The zero-order valence-electron chi connectivity index (χ0n) is 19.1. The maximum absolute atomic E-state index is 7.31. The summed E-state index contributed by atoms with van der Waals surface area (Å²) in [5.74, 6) is 1.21. The number of aromatic amines is 1. The van der Waals surface area contributed by atoms with Gasteiger partial charge in [-0.3, -0.25) is 4.98 Å². The van der Waals surface area contributed by atoms with Crippen molar-refractivity contribution >= 4 is 11.0 Å². The molecule has 33 heavy (non-hydrogen) atoms. The first kappa shape index (κ1) is 21.8. The number of hydrogen-bond acceptors (Lipinski definition) is 4. The van der Waals surface area contributed by atoms with E-state index in [4.69, 9.17) is 15.7 Å². The highest BCUT2D eigenvalue weighted by Gasteiger charge is 2.39. The minimum Gasteiger partial charge on any atom is -0.342 e. The summed E-state index contributed by atoms with van der Waals surface area (Å²) in [7, 11) is 0. The predicted octanol–water partition coefficient (Wildman–Crippen LogP) is 4.89. The average molecular weight is 440 g/mol. The Morgan fingerprint density at radius 1 is 1.03 bits per heavy atom. The molecule has 1 aliphatic rings. The van der Waals surface area contributed by atoms with Gasteiger partial charge < -0.3 is 16.0 Å². The van der Waals surface area contributed by atoms with Crippen molar-refractivity contribution in [1.82, 2.24) is 20.3 Å². The molecule has 4 N–H and O–H groups in total. The van der Waals surface area contributed by atoms with Gasteiger partial charge in [0.05, 0.1) is 11.0 Å². The number of nitrogens with zero attached hydrogens (tertiary/aromatic N) is 2. The smallest absolute Gasteiger partial charge is 0.109 e. The molecular formula is C28H33N5. The van der Waals surface area contributed by atoms with Gasteiger partial charge in [-0.2, -0.15) is 0 Å². The van der Waals surface area contributed by atoms with Crippen LogP contribution >= 0.6 is 0 Å². The highest BCUT2D eigenvalue weighted by molar-refractivity contribution is 5.74. The molecule has 0 fully saturated rings. The molecule has 5 heteroatoms. The molecule has 1 aliphatic carbocycles. The normalized spacial score (nSPS) is 17.5. The lowest BCUT2D eigenvalue weighted by molar-refractivity contribution is 0.274. The Morgan fingerprint density at radius 2 is 1.88 bits per heavy atom. The van der Waals surface area contributed by atoms with Crippen LogP contribution in [0.3, 0.4) is 0 Å². The van der Waals surface area contributed by atoms with Gasteiger partial charge in [0.15, 0.2) is 0 Å². The highest BCUT2D eigenvalue weighted by atomic mass is 14.9. The molecule has 2 atom stereocenters. The molecule has 2 aromatic carbocycles. The van der Waals surface area contributed by atoms with Gasteiger partial charge >= 0.3 is 0 Å². The van der Waals surface area contributed by atoms with Crippen molar-refractivity contribution in [3.8, 4) is 0 Å². The molecule has 0 aliphatic heterocycles. The van der Waals surface area contributed by atoms with Crippen LogP contribution in [0.4, 0.5) is 0 Å². The molecule has 5 nitrogen and oxygen atoms in total.